The molecule has 0 atom stereocenters. The van der Waals surface area contributed by atoms with Crippen molar-refractivity contribution in [1.82, 2.24) is 0 Å². The van der Waals surface area contributed by atoms with Crippen LogP contribution in [0.15, 0.2) is 18.2 Å². The summed E-state index contributed by atoms with van der Waals surface area (Å²) in [4.78, 5) is 20.6. The summed E-state index contributed by atoms with van der Waals surface area (Å²) in [7, 11) is 0. The molecule has 0 aromatic heterocycles. The normalized spacial score (nSPS) is 17.1. The second kappa shape index (κ2) is 7.81. The molecule has 4 nitrogen and oxygen atoms in total. The number of benzene rings is 1. The summed E-state index contributed by atoms with van der Waals surface area (Å²) in [5, 5.41) is 8.47. The Morgan fingerprint density at radius 1 is 1.29 bits per heavy atom. The van der Waals surface area contributed by atoms with E-state index in [2.05, 4.69) is 0 Å². The highest BCUT2D eigenvalue weighted by Gasteiger charge is 2.15. The van der Waals surface area contributed by atoms with Gasteiger partial charge in [-0.25, -0.2) is 0 Å². The monoisotopic (exact) mass is 290 g/mol. The molecule has 3 rings (SSSR count). The molecule has 1 aromatic rings. The number of carboxylic acids is 1. The second-order valence-corrected chi connectivity index (χ2v) is 5.69. The highest BCUT2D eigenvalue weighted by atomic mass is 16.5. The molecule has 0 saturated heterocycles. The van der Waals surface area contributed by atoms with Crippen LogP contribution in [-0.2, 0) is 11.2 Å². The molecule has 1 aliphatic carbocycles. The van der Waals surface area contributed by atoms with Crippen LogP contribution in [0.1, 0.15) is 54.4 Å². The van der Waals surface area contributed by atoms with Crippen molar-refractivity contribution < 1.29 is 19.4 Å². The average molecular weight is 290 g/mol. The number of rotatable bonds is 3. The van der Waals surface area contributed by atoms with Crippen LogP contribution in [0.2, 0.25) is 0 Å². The molecular formula is C17H22O4. The van der Waals surface area contributed by atoms with Gasteiger partial charge in [0.15, 0.2) is 0 Å². The molecule has 0 radical (unpaired) electrons. The summed E-state index contributed by atoms with van der Waals surface area (Å²) >= 11 is 0. The Morgan fingerprint density at radius 3 is 2.71 bits per heavy atom. The number of fused-ring (bicyclic) bond motifs is 1. The largest absolute Gasteiger partial charge is 0.493 e. The third-order valence-corrected chi connectivity index (χ3v) is 4.04. The number of aldehydes is 1. The van der Waals surface area contributed by atoms with Crippen molar-refractivity contribution >= 4 is 12.3 Å². The van der Waals surface area contributed by atoms with Gasteiger partial charge in [0.2, 0.25) is 0 Å². The highest BCUT2D eigenvalue weighted by molar-refractivity contribution is 5.75. The molecule has 2 aliphatic rings. The van der Waals surface area contributed by atoms with Crippen LogP contribution in [0.4, 0.5) is 0 Å². The number of hydrogen-bond donors (Lipinski definition) is 1. The van der Waals surface area contributed by atoms with Crippen LogP contribution in [-0.4, -0.2) is 24.0 Å². The van der Waals surface area contributed by atoms with Gasteiger partial charge in [-0.3, -0.25) is 9.59 Å². The first-order valence-corrected chi connectivity index (χ1v) is 7.61. The van der Waals surface area contributed by atoms with Gasteiger partial charge in [-0.15, -0.1) is 0 Å². The van der Waals surface area contributed by atoms with E-state index < -0.39 is 5.97 Å². The minimum absolute atomic E-state index is 0.389. The zero-order valence-corrected chi connectivity index (χ0v) is 12.2. The van der Waals surface area contributed by atoms with E-state index >= 15 is 0 Å². The summed E-state index contributed by atoms with van der Waals surface area (Å²) in [6.45, 7) is 0.748. The predicted octanol–water partition coefficient (Wildman–Crippen LogP) is 3.48. The van der Waals surface area contributed by atoms with Crippen LogP contribution in [0.3, 0.4) is 0 Å². The zero-order valence-electron chi connectivity index (χ0n) is 12.2. The van der Waals surface area contributed by atoms with E-state index in [9.17, 15) is 9.59 Å². The van der Waals surface area contributed by atoms with E-state index in [1.807, 2.05) is 12.1 Å². The molecule has 1 N–H and O–H groups in total. The smallest absolute Gasteiger partial charge is 0.303 e. The molecule has 0 amide bonds. The van der Waals surface area contributed by atoms with Crippen molar-refractivity contribution in [3.05, 3.63) is 29.3 Å². The first kappa shape index (κ1) is 15.5. The maximum absolute atomic E-state index is 10.4. The van der Waals surface area contributed by atoms with Crippen LogP contribution < -0.4 is 4.74 Å². The number of carbonyl (C=O) groups is 2. The van der Waals surface area contributed by atoms with Gasteiger partial charge in [0.1, 0.15) is 12.0 Å². The Bertz CT molecular complexity index is 490. The molecular weight excluding hydrogens is 268 g/mol. The topological polar surface area (TPSA) is 63.6 Å². The quantitative estimate of drug-likeness (QED) is 0.866. The van der Waals surface area contributed by atoms with Gasteiger partial charge >= 0.3 is 5.97 Å². The van der Waals surface area contributed by atoms with Gasteiger partial charge in [0.25, 0.3) is 0 Å². The maximum atomic E-state index is 10.4. The predicted molar refractivity (Wildman–Crippen MR) is 79.9 cm³/mol. The van der Waals surface area contributed by atoms with Crippen molar-refractivity contribution in [3.63, 3.8) is 0 Å². The van der Waals surface area contributed by atoms with Crippen LogP contribution >= 0.6 is 0 Å². The summed E-state index contributed by atoms with van der Waals surface area (Å²) in [6, 6.07) is 5.51. The molecule has 0 spiro atoms. The zero-order chi connectivity index (χ0) is 15.1. The van der Waals surface area contributed by atoms with E-state index in [4.69, 9.17) is 9.84 Å². The molecule has 1 heterocycles. The highest BCUT2D eigenvalue weighted by Crippen LogP contribution is 2.26. The van der Waals surface area contributed by atoms with Gasteiger partial charge in [-0.05, 0) is 42.5 Å². The van der Waals surface area contributed by atoms with Crippen molar-refractivity contribution in [2.45, 2.75) is 44.9 Å². The summed E-state index contributed by atoms with van der Waals surface area (Å²) < 4.78 is 5.28. The van der Waals surface area contributed by atoms with Crippen molar-refractivity contribution in [2.75, 3.05) is 6.61 Å². The molecule has 114 valence electrons. The molecule has 0 unspecified atom stereocenters. The van der Waals surface area contributed by atoms with E-state index in [-0.39, 0.29) is 0 Å². The second-order valence-electron chi connectivity index (χ2n) is 5.69. The van der Waals surface area contributed by atoms with Crippen LogP contribution in [0.25, 0.3) is 0 Å². The van der Waals surface area contributed by atoms with Crippen molar-refractivity contribution in [3.8, 4) is 5.75 Å². The lowest BCUT2D eigenvalue weighted by Gasteiger charge is -2.18. The van der Waals surface area contributed by atoms with Crippen molar-refractivity contribution in [1.29, 1.82) is 0 Å². The molecule has 21 heavy (non-hydrogen) atoms. The van der Waals surface area contributed by atoms with E-state index in [0.717, 1.165) is 49.0 Å². The number of ether oxygens (including phenoxy) is 1. The summed E-state index contributed by atoms with van der Waals surface area (Å²) in [6.07, 6.45) is 8.21. The molecule has 1 fully saturated rings. The minimum Gasteiger partial charge on any atom is -0.493 e. The maximum Gasteiger partial charge on any atom is 0.303 e. The van der Waals surface area contributed by atoms with Gasteiger partial charge in [-0.1, -0.05) is 19.3 Å². The SMILES string of the molecule is O=C(O)CC1CCCCC1.O=Cc1ccc2c(c1)CCO2. The Kier molecular flexibility index (Phi) is 5.78. The third-order valence-electron chi connectivity index (χ3n) is 4.04. The van der Waals surface area contributed by atoms with Crippen molar-refractivity contribution in [2.24, 2.45) is 5.92 Å². The lowest BCUT2D eigenvalue weighted by molar-refractivity contribution is -0.138. The summed E-state index contributed by atoms with van der Waals surface area (Å²) in [5.74, 6) is 0.772. The average Bonchev–Trinajstić information content (AvgIpc) is 2.95. The Balaban J connectivity index is 0.000000155. The first-order chi connectivity index (χ1) is 10.2. The number of carbonyl (C=O) groups excluding carboxylic acids is 1. The number of hydrogen-bond acceptors (Lipinski definition) is 3. The van der Waals surface area contributed by atoms with Gasteiger partial charge < -0.3 is 9.84 Å². The molecule has 4 heteroatoms. The molecule has 0 bridgehead atoms. The molecule has 1 aliphatic heterocycles. The third kappa shape index (κ3) is 4.88. The fourth-order valence-corrected chi connectivity index (χ4v) is 2.92. The first-order valence-electron chi connectivity index (χ1n) is 7.61. The molecule has 1 aromatic carbocycles. The van der Waals surface area contributed by atoms with Gasteiger partial charge in [-0.2, -0.15) is 0 Å². The fraction of sp³-hybridized carbons (Fsp3) is 0.529. The lowest BCUT2D eigenvalue weighted by atomic mass is 9.87. The number of carboxylic acid groups (broad SMARTS) is 1. The van der Waals surface area contributed by atoms with E-state index in [0.29, 0.717) is 12.3 Å². The van der Waals surface area contributed by atoms with Crippen LogP contribution in [0, 0.1) is 5.92 Å². The fourth-order valence-electron chi connectivity index (χ4n) is 2.92. The Morgan fingerprint density at radius 2 is 2.05 bits per heavy atom. The van der Waals surface area contributed by atoms with Gasteiger partial charge in [0.05, 0.1) is 6.61 Å². The minimum atomic E-state index is -0.632. The Hall–Kier alpha value is -1.84. The van der Waals surface area contributed by atoms with Crippen LogP contribution in [0.5, 0.6) is 5.75 Å². The molecule has 1 saturated carbocycles. The lowest BCUT2D eigenvalue weighted by Crippen LogP contribution is -2.10. The van der Waals surface area contributed by atoms with E-state index in [1.165, 1.54) is 19.3 Å². The Labute approximate surface area is 125 Å². The standard InChI is InChI=1S/C9H8O2.C8H14O2/c10-6-7-1-2-9-8(5-7)3-4-11-9;9-8(10)6-7-4-2-1-3-5-7/h1-2,5-6H,3-4H2;7H,1-6H2,(H,9,10). The van der Waals surface area contributed by atoms with E-state index in [1.54, 1.807) is 6.07 Å². The van der Waals surface area contributed by atoms with Gasteiger partial charge in [0, 0.05) is 18.4 Å². The summed E-state index contributed by atoms with van der Waals surface area (Å²) in [5.41, 5.74) is 1.88. The number of aliphatic carboxylic acids is 1.